The van der Waals surface area contributed by atoms with Crippen molar-refractivity contribution in [2.24, 2.45) is 16.6 Å². The number of hydrogen-bond donors (Lipinski definition) is 2. The van der Waals surface area contributed by atoms with Crippen molar-refractivity contribution in [3.8, 4) is 0 Å². The van der Waals surface area contributed by atoms with Crippen molar-refractivity contribution < 1.29 is 23.1 Å². The first-order valence-corrected chi connectivity index (χ1v) is 8.66. The summed E-state index contributed by atoms with van der Waals surface area (Å²) in [5, 5.41) is 9.27. The van der Waals surface area contributed by atoms with Crippen LogP contribution < -0.4 is 5.73 Å². The summed E-state index contributed by atoms with van der Waals surface area (Å²) in [6.45, 7) is 0. The van der Waals surface area contributed by atoms with Gasteiger partial charge in [0, 0.05) is 18.4 Å². The Hall–Kier alpha value is -2.79. The highest BCUT2D eigenvalue weighted by molar-refractivity contribution is 6.24. The van der Waals surface area contributed by atoms with Crippen LogP contribution in [0, 0.1) is 11.7 Å². The van der Waals surface area contributed by atoms with Gasteiger partial charge >= 0.3 is 5.97 Å². The van der Waals surface area contributed by atoms with E-state index >= 15 is 0 Å². The number of carbonyl (C=O) groups is 1. The number of nitrogens with two attached hydrogens (primary N) is 1. The fourth-order valence-electron chi connectivity index (χ4n) is 3.33. The normalized spacial score (nSPS) is 20.1. The lowest BCUT2D eigenvalue weighted by Crippen LogP contribution is -2.26. The van der Waals surface area contributed by atoms with E-state index in [1.807, 2.05) is 0 Å². The van der Waals surface area contributed by atoms with Crippen LogP contribution in [0.25, 0.3) is 5.57 Å². The van der Waals surface area contributed by atoms with E-state index in [0.29, 0.717) is 36.1 Å². The molecule has 27 heavy (non-hydrogen) atoms. The lowest BCUT2D eigenvalue weighted by Gasteiger charge is -2.28. The summed E-state index contributed by atoms with van der Waals surface area (Å²) >= 11 is 0. The van der Waals surface area contributed by atoms with Gasteiger partial charge in [-0.25, -0.2) is 23.0 Å². The second-order valence-corrected chi connectivity index (χ2v) is 6.84. The molecular formula is C20H19F3N2O2. The Morgan fingerprint density at radius 2 is 1.89 bits per heavy atom. The monoisotopic (exact) mass is 376 g/mol. The van der Waals surface area contributed by atoms with Gasteiger partial charge in [0.1, 0.15) is 17.2 Å². The molecule has 1 aromatic carbocycles. The maximum Gasteiger partial charge on any atom is 0.340 e. The van der Waals surface area contributed by atoms with Crippen LogP contribution in [0.4, 0.5) is 13.2 Å². The van der Waals surface area contributed by atoms with Crippen LogP contribution in [-0.4, -0.2) is 22.7 Å². The van der Waals surface area contributed by atoms with Crippen molar-refractivity contribution in [1.29, 1.82) is 0 Å². The first-order chi connectivity index (χ1) is 12.7. The molecule has 3 N–H and O–H groups in total. The van der Waals surface area contributed by atoms with Crippen LogP contribution in [0.15, 0.2) is 52.5 Å². The highest BCUT2D eigenvalue weighted by Gasteiger charge is 2.35. The summed E-state index contributed by atoms with van der Waals surface area (Å²) < 4.78 is 40.1. The van der Waals surface area contributed by atoms with Crippen LogP contribution in [0.2, 0.25) is 0 Å². The molecule has 142 valence electrons. The summed E-state index contributed by atoms with van der Waals surface area (Å²) in [7, 11) is 0. The number of alkyl halides is 2. The van der Waals surface area contributed by atoms with E-state index in [4.69, 9.17) is 5.73 Å². The van der Waals surface area contributed by atoms with Gasteiger partial charge in [0.05, 0.1) is 5.71 Å². The quantitative estimate of drug-likeness (QED) is 0.770. The SMILES string of the molecule is NC1=C(C(=O)O)C=C=C(c2ccc(F)cc2)C(CC2CCC(F)(F)CC2)=N1. The maximum absolute atomic E-state index is 13.4. The second-order valence-electron chi connectivity index (χ2n) is 6.84. The topological polar surface area (TPSA) is 75.7 Å². The molecule has 7 heteroatoms. The van der Waals surface area contributed by atoms with Crippen LogP contribution >= 0.6 is 0 Å². The smallest absolute Gasteiger partial charge is 0.340 e. The van der Waals surface area contributed by atoms with E-state index in [0.717, 1.165) is 0 Å². The third-order valence-corrected chi connectivity index (χ3v) is 4.86. The molecular weight excluding hydrogens is 357 g/mol. The Morgan fingerprint density at radius 3 is 2.48 bits per heavy atom. The number of rotatable bonds is 4. The molecule has 0 unspecified atom stereocenters. The third kappa shape index (κ3) is 4.49. The molecule has 0 bridgehead atoms. The Morgan fingerprint density at radius 1 is 1.26 bits per heavy atom. The number of halogens is 3. The van der Waals surface area contributed by atoms with E-state index in [1.54, 1.807) is 0 Å². The zero-order chi connectivity index (χ0) is 19.6. The average Bonchev–Trinajstić information content (AvgIpc) is 2.76. The van der Waals surface area contributed by atoms with E-state index in [9.17, 15) is 23.1 Å². The molecule has 1 saturated carbocycles. The van der Waals surface area contributed by atoms with Crippen LogP contribution in [0.1, 0.15) is 37.7 Å². The molecule has 0 radical (unpaired) electrons. The highest BCUT2D eigenvalue weighted by atomic mass is 19.3. The van der Waals surface area contributed by atoms with E-state index < -0.39 is 17.7 Å². The lowest BCUT2D eigenvalue weighted by atomic mass is 9.82. The largest absolute Gasteiger partial charge is 0.478 e. The Bertz CT molecular complexity index is 869. The van der Waals surface area contributed by atoms with Crippen molar-refractivity contribution in [1.82, 2.24) is 0 Å². The average molecular weight is 376 g/mol. The molecule has 0 saturated heterocycles. The highest BCUT2D eigenvalue weighted by Crippen LogP contribution is 2.38. The minimum absolute atomic E-state index is 0.0141. The van der Waals surface area contributed by atoms with E-state index in [2.05, 4.69) is 10.7 Å². The fourth-order valence-corrected chi connectivity index (χ4v) is 3.33. The second kappa shape index (κ2) is 7.45. The standard InChI is InChI=1S/C20H19F3N2O2/c21-14-3-1-13(2-4-14)15-5-6-16(19(26)27)18(24)25-17(15)11-12-7-9-20(22,23)10-8-12/h1-4,6,12H,7-11,24H2,(H,26,27). The van der Waals surface area contributed by atoms with Crippen molar-refractivity contribution in [2.75, 3.05) is 0 Å². The molecule has 3 rings (SSSR count). The summed E-state index contributed by atoms with van der Waals surface area (Å²) in [4.78, 5) is 15.6. The van der Waals surface area contributed by atoms with E-state index in [-0.39, 0.29) is 30.2 Å². The molecule has 1 heterocycles. The predicted molar refractivity (Wildman–Crippen MR) is 95.7 cm³/mol. The third-order valence-electron chi connectivity index (χ3n) is 4.86. The van der Waals surface area contributed by atoms with Gasteiger partial charge in [0.25, 0.3) is 0 Å². The zero-order valence-corrected chi connectivity index (χ0v) is 14.5. The van der Waals surface area contributed by atoms with Crippen molar-refractivity contribution in [3.63, 3.8) is 0 Å². The lowest BCUT2D eigenvalue weighted by molar-refractivity contribution is -0.132. The van der Waals surface area contributed by atoms with Gasteiger partial charge in [-0.1, -0.05) is 12.1 Å². The molecule has 1 aliphatic heterocycles. The zero-order valence-electron chi connectivity index (χ0n) is 14.5. The van der Waals surface area contributed by atoms with Crippen LogP contribution in [0.5, 0.6) is 0 Å². The summed E-state index contributed by atoms with van der Waals surface area (Å²) in [5.74, 6) is -4.45. The first-order valence-electron chi connectivity index (χ1n) is 8.66. The van der Waals surface area contributed by atoms with E-state index in [1.165, 1.54) is 30.3 Å². The molecule has 0 amide bonds. The Labute approximate surface area is 154 Å². The number of benzene rings is 1. The van der Waals surface area contributed by atoms with Gasteiger partial charge in [-0.05, 0) is 49.0 Å². The molecule has 1 fully saturated rings. The van der Waals surface area contributed by atoms with Crippen LogP contribution in [0.3, 0.4) is 0 Å². The van der Waals surface area contributed by atoms with Gasteiger partial charge in [-0.3, -0.25) is 0 Å². The predicted octanol–water partition coefficient (Wildman–Crippen LogP) is 4.29. The number of aliphatic imine (C=N–C) groups is 1. The van der Waals surface area contributed by atoms with Gasteiger partial charge in [0.2, 0.25) is 5.92 Å². The van der Waals surface area contributed by atoms with Crippen molar-refractivity contribution in [2.45, 2.75) is 38.0 Å². The number of carboxylic acids is 1. The Balaban J connectivity index is 1.96. The summed E-state index contributed by atoms with van der Waals surface area (Å²) in [6.07, 6.45) is 1.95. The molecule has 2 aliphatic rings. The molecule has 0 atom stereocenters. The summed E-state index contributed by atoms with van der Waals surface area (Å²) in [5.41, 5.74) is 10.1. The van der Waals surface area contributed by atoms with Gasteiger partial charge in [-0.15, -0.1) is 5.73 Å². The fraction of sp³-hybridized carbons (Fsp3) is 0.350. The van der Waals surface area contributed by atoms with Crippen molar-refractivity contribution >= 4 is 17.3 Å². The minimum Gasteiger partial charge on any atom is -0.478 e. The molecule has 1 aliphatic carbocycles. The van der Waals surface area contributed by atoms with Crippen LogP contribution in [-0.2, 0) is 4.79 Å². The number of hydrogen-bond acceptors (Lipinski definition) is 3. The molecule has 1 aromatic rings. The minimum atomic E-state index is -2.63. The van der Waals surface area contributed by atoms with Gasteiger partial charge in [-0.2, -0.15) is 0 Å². The Kier molecular flexibility index (Phi) is 5.24. The summed E-state index contributed by atoms with van der Waals surface area (Å²) in [6, 6.07) is 5.64. The maximum atomic E-state index is 13.4. The number of aliphatic carboxylic acids is 1. The molecule has 0 aromatic heterocycles. The molecule has 4 nitrogen and oxygen atoms in total. The molecule has 0 spiro atoms. The first kappa shape index (κ1) is 19.0. The number of carboxylic acid groups (broad SMARTS) is 1. The number of nitrogens with zero attached hydrogens (tertiary/aromatic N) is 1. The van der Waals surface area contributed by atoms with Gasteiger partial charge < -0.3 is 10.8 Å². The van der Waals surface area contributed by atoms with Crippen molar-refractivity contribution in [3.05, 3.63) is 58.8 Å². The van der Waals surface area contributed by atoms with Gasteiger partial charge in [0.15, 0.2) is 0 Å².